The Morgan fingerprint density at radius 1 is 1.56 bits per heavy atom. The van der Waals surface area contributed by atoms with Crippen molar-refractivity contribution in [1.82, 2.24) is 4.90 Å². The Bertz CT molecular complexity index is 457. The van der Waals surface area contributed by atoms with Crippen LogP contribution >= 0.6 is 0 Å². The van der Waals surface area contributed by atoms with Gasteiger partial charge in [-0.3, -0.25) is 4.90 Å². The van der Waals surface area contributed by atoms with Crippen molar-refractivity contribution >= 4 is 5.97 Å². The van der Waals surface area contributed by atoms with Crippen molar-refractivity contribution < 1.29 is 14.3 Å². The Morgan fingerprint density at radius 2 is 2.22 bits per heavy atom. The average molecular weight is 251 g/mol. The van der Waals surface area contributed by atoms with E-state index in [1.807, 2.05) is 7.05 Å². The molecule has 0 bridgehead atoms. The first kappa shape index (κ1) is 13.0. The highest BCUT2D eigenvalue weighted by atomic mass is 19.1. The lowest BCUT2D eigenvalue weighted by Crippen LogP contribution is -2.30. The van der Waals surface area contributed by atoms with Gasteiger partial charge in [-0.15, -0.1) is 0 Å². The summed E-state index contributed by atoms with van der Waals surface area (Å²) in [5, 5.41) is 8.76. The van der Waals surface area contributed by atoms with Crippen LogP contribution in [-0.4, -0.2) is 29.1 Å². The monoisotopic (exact) mass is 251 g/mol. The zero-order valence-electron chi connectivity index (χ0n) is 10.7. The lowest BCUT2D eigenvalue weighted by Gasteiger charge is -2.24. The summed E-state index contributed by atoms with van der Waals surface area (Å²) in [5.41, 5.74) is 0.546. The van der Waals surface area contributed by atoms with E-state index in [1.54, 1.807) is 6.07 Å². The minimum atomic E-state index is -1.22. The molecule has 1 aliphatic carbocycles. The van der Waals surface area contributed by atoms with Crippen LogP contribution in [0.3, 0.4) is 0 Å². The first-order valence-electron chi connectivity index (χ1n) is 6.21. The number of carbonyl (C=O) groups is 1. The fourth-order valence-electron chi connectivity index (χ4n) is 2.20. The molecule has 0 radical (unpaired) electrons. The van der Waals surface area contributed by atoms with Gasteiger partial charge < -0.3 is 5.11 Å². The smallest absolute Gasteiger partial charge is 0.338 e. The molecule has 1 saturated carbocycles. The van der Waals surface area contributed by atoms with E-state index in [0.29, 0.717) is 12.6 Å². The Morgan fingerprint density at radius 3 is 2.72 bits per heavy atom. The SMILES string of the molecule is CC(C1CC1)N(C)Cc1ccc(C(=O)O)c(F)c1. The Kier molecular flexibility index (Phi) is 3.66. The lowest BCUT2D eigenvalue weighted by molar-refractivity contribution is 0.0692. The number of aromatic carboxylic acids is 1. The van der Waals surface area contributed by atoms with E-state index in [9.17, 15) is 9.18 Å². The number of hydrogen-bond donors (Lipinski definition) is 1. The summed E-state index contributed by atoms with van der Waals surface area (Å²) in [6, 6.07) is 4.83. The molecule has 1 N–H and O–H groups in total. The first-order chi connectivity index (χ1) is 8.49. The van der Waals surface area contributed by atoms with E-state index >= 15 is 0 Å². The van der Waals surface area contributed by atoms with Crippen LogP contribution in [0.1, 0.15) is 35.7 Å². The van der Waals surface area contributed by atoms with Gasteiger partial charge >= 0.3 is 5.97 Å². The van der Waals surface area contributed by atoms with E-state index in [4.69, 9.17) is 5.11 Å². The predicted octanol–water partition coefficient (Wildman–Crippen LogP) is 2.75. The summed E-state index contributed by atoms with van der Waals surface area (Å²) in [4.78, 5) is 12.9. The number of benzene rings is 1. The molecule has 1 fully saturated rings. The second kappa shape index (κ2) is 5.06. The number of halogens is 1. The quantitative estimate of drug-likeness (QED) is 0.874. The zero-order chi connectivity index (χ0) is 13.3. The molecule has 2 rings (SSSR count). The molecule has 0 aromatic heterocycles. The van der Waals surface area contributed by atoms with Gasteiger partial charge in [0.15, 0.2) is 0 Å². The molecular weight excluding hydrogens is 233 g/mol. The third-order valence-corrected chi connectivity index (χ3v) is 3.70. The summed E-state index contributed by atoms with van der Waals surface area (Å²) in [7, 11) is 2.02. The van der Waals surface area contributed by atoms with Gasteiger partial charge in [-0.25, -0.2) is 9.18 Å². The molecule has 4 heteroatoms. The van der Waals surface area contributed by atoms with Gasteiger partial charge in [-0.05, 0) is 50.4 Å². The normalized spacial score (nSPS) is 16.9. The maximum absolute atomic E-state index is 13.5. The molecule has 3 nitrogen and oxygen atoms in total. The molecule has 18 heavy (non-hydrogen) atoms. The number of rotatable bonds is 5. The molecule has 1 aromatic carbocycles. The van der Waals surface area contributed by atoms with Crippen LogP contribution < -0.4 is 0 Å². The van der Waals surface area contributed by atoms with E-state index in [0.717, 1.165) is 11.5 Å². The van der Waals surface area contributed by atoms with E-state index in [1.165, 1.54) is 25.0 Å². The average Bonchev–Trinajstić information content (AvgIpc) is 3.11. The minimum absolute atomic E-state index is 0.267. The molecule has 1 atom stereocenters. The molecule has 1 unspecified atom stereocenters. The van der Waals surface area contributed by atoms with E-state index in [-0.39, 0.29) is 5.56 Å². The first-order valence-corrected chi connectivity index (χ1v) is 6.21. The predicted molar refractivity (Wildman–Crippen MR) is 67.0 cm³/mol. The van der Waals surface area contributed by atoms with E-state index in [2.05, 4.69) is 11.8 Å². The second-order valence-corrected chi connectivity index (χ2v) is 5.11. The Balaban J connectivity index is 2.05. The van der Waals surface area contributed by atoms with Crippen molar-refractivity contribution in [2.75, 3.05) is 7.05 Å². The molecule has 0 heterocycles. The second-order valence-electron chi connectivity index (χ2n) is 5.11. The topological polar surface area (TPSA) is 40.5 Å². The van der Waals surface area contributed by atoms with Crippen molar-refractivity contribution in [1.29, 1.82) is 0 Å². The molecule has 1 aromatic rings. The standard InChI is InChI=1S/C14H18FNO2/c1-9(11-4-5-11)16(2)8-10-3-6-12(14(17)18)13(15)7-10/h3,6-7,9,11H,4-5,8H2,1-2H3,(H,17,18). The number of carboxylic acids is 1. The highest BCUT2D eigenvalue weighted by molar-refractivity contribution is 5.87. The summed E-state index contributed by atoms with van der Waals surface area (Å²) in [5.74, 6) is -1.12. The van der Waals surface area contributed by atoms with Gasteiger partial charge in [-0.1, -0.05) is 6.07 Å². The number of hydrogen-bond acceptors (Lipinski definition) is 2. The summed E-state index contributed by atoms with van der Waals surface area (Å²) < 4.78 is 13.5. The van der Waals surface area contributed by atoms with Gasteiger partial charge in [0.2, 0.25) is 0 Å². The molecular formula is C14H18FNO2. The van der Waals surface area contributed by atoms with Gasteiger partial charge in [-0.2, -0.15) is 0 Å². The van der Waals surface area contributed by atoms with Crippen LogP contribution in [0.4, 0.5) is 4.39 Å². The minimum Gasteiger partial charge on any atom is -0.478 e. The van der Waals surface area contributed by atoms with Gasteiger partial charge in [0.05, 0.1) is 5.56 Å². The fourth-order valence-corrected chi connectivity index (χ4v) is 2.20. The van der Waals surface area contributed by atoms with Crippen LogP contribution in [0.15, 0.2) is 18.2 Å². The van der Waals surface area contributed by atoms with Crippen LogP contribution in [0.5, 0.6) is 0 Å². The largest absolute Gasteiger partial charge is 0.478 e. The molecule has 98 valence electrons. The highest BCUT2D eigenvalue weighted by Crippen LogP contribution is 2.35. The third-order valence-electron chi connectivity index (χ3n) is 3.70. The summed E-state index contributed by atoms with van der Waals surface area (Å²) in [6.07, 6.45) is 2.55. The molecule has 1 aliphatic rings. The Labute approximate surface area is 106 Å². The third kappa shape index (κ3) is 2.88. The maximum atomic E-state index is 13.5. The maximum Gasteiger partial charge on any atom is 0.338 e. The summed E-state index contributed by atoms with van der Waals surface area (Å²) in [6.45, 7) is 2.83. The summed E-state index contributed by atoms with van der Waals surface area (Å²) >= 11 is 0. The van der Waals surface area contributed by atoms with Crippen molar-refractivity contribution in [3.63, 3.8) is 0 Å². The zero-order valence-corrected chi connectivity index (χ0v) is 10.7. The van der Waals surface area contributed by atoms with Crippen LogP contribution in [0, 0.1) is 11.7 Å². The number of carboxylic acid groups (broad SMARTS) is 1. The van der Waals surface area contributed by atoms with Gasteiger partial charge in [0.25, 0.3) is 0 Å². The fraction of sp³-hybridized carbons (Fsp3) is 0.500. The molecule has 0 aliphatic heterocycles. The van der Waals surface area contributed by atoms with Gasteiger partial charge in [0.1, 0.15) is 5.82 Å². The molecule has 0 spiro atoms. The molecule has 0 amide bonds. The molecule has 0 saturated heterocycles. The number of nitrogens with zero attached hydrogens (tertiary/aromatic N) is 1. The van der Waals surface area contributed by atoms with Crippen LogP contribution in [-0.2, 0) is 6.54 Å². The van der Waals surface area contributed by atoms with Crippen molar-refractivity contribution in [2.24, 2.45) is 5.92 Å². The van der Waals surface area contributed by atoms with Crippen LogP contribution in [0.25, 0.3) is 0 Å². The van der Waals surface area contributed by atoms with E-state index < -0.39 is 11.8 Å². The van der Waals surface area contributed by atoms with Crippen molar-refractivity contribution in [3.05, 3.63) is 35.1 Å². The van der Waals surface area contributed by atoms with Gasteiger partial charge in [0, 0.05) is 12.6 Å². The van der Waals surface area contributed by atoms with Crippen LogP contribution in [0.2, 0.25) is 0 Å². The lowest BCUT2D eigenvalue weighted by atomic mass is 10.1. The Hall–Kier alpha value is -1.42. The van der Waals surface area contributed by atoms with Crippen molar-refractivity contribution in [2.45, 2.75) is 32.4 Å². The highest BCUT2D eigenvalue weighted by Gasteiger charge is 2.30. The van der Waals surface area contributed by atoms with Crippen molar-refractivity contribution in [3.8, 4) is 0 Å².